The zero-order valence-electron chi connectivity index (χ0n) is 13.5. The molecule has 24 heavy (non-hydrogen) atoms. The molecule has 1 rings (SSSR count). The summed E-state index contributed by atoms with van der Waals surface area (Å²) in [6.45, 7) is 1.58. The molecule has 2 atom stereocenters. The quantitative estimate of drug-likeness (QED) is 0.448. The number of non-ortho nitro benzene ring substituents is 1. The predicted molar refractivity (Wildman–Crippen MR) is 82.2 cm³/mol. The van der Waals surface area contributed by atoms with Crippen molar-refractivity contribution in [1.29, 1.82) is 0 Å². The van der Waals surface area contributed by atoms with Crippen LogP contribution in [0, 0.1) is 16.0 Å². The Bertz CT molecular complexity index is 644. The van der Waals surface area contributed by atoms with Crippen LogP contribution in [-0.4, -0.2) is 43.0 Å². The molecule has 130 valence electrons. The van der Waals surface area contributed by atoms with Gasteiger partial charge in [0.25, 0.3) is 11.6 Å². The highest BCUT2D eigenvalue weighted by molar-refractivity contribution is 5.97. The summed E-state index contributed by atoms with van der Waals surface area (Å²) in [7, 11) is 2.36. The molecule has 0 saturated heterocycles. The van der Waals surface area contributed by atoms with E-state index >= 15 is 0 Å². The first-order chi connectivity index (χ1) is 11.3. The Hall–Kier alpha value is -2.97. The Kier molecular flexibility index (Phi) is 6.84. The highest BCUT2D eigenvalue weighted by Crippen LogP contribution is 2.15. The minimum Gasteiger partial charge on any atom is -0.469 e. The van der Waals surface area contributed by atoms with Crippen molar-refractivity contribution in [2.24, 2.45) is 5.92 Å². The molecule has 0 fully saturated rings. The second kappa shape index (κ2) is 8.61. The number of amides is 1. The van der Waals surface area contributed by atoms with Gasteiger partial charge in [0.15, 0.2) is 0 Å². The summed E-state index contributed by atoms with van der Waals surface area (Å²) in [5.74, 6) is -2.55. The van der Waals surface area contributed by atoms with E-state index in [0.717, 1.165) is 13.2 Å². The topological polar surface area (TPSA) is 125 Å². The maximum Gasteiger partial charge on any atom is 0.328 e. The van der Waals surface area contributed by atoms with Crippen molar-refractivity contribution < 1.29 is 28.8 Å². The molecule has 0 heterocycles. The molecular formula is C15H18N2O7. The smallest absolute Gasteiger partial charge is 0.328 e. The summed E-state index contributed by atoms with van der Waals surface area (Å²) >= 11 is 0. The van der Waals surface area contributed by atoms with Crippen molar-refractivity contribution in [1.82, 2.24) is 5.32 Å². The zero-order chi connectivity index (χ0) is 18.3. The molecule has 0 aliphatic rings. The summed E-state index contributed by atoms with van der Waals surface area (Å²) in [6, 6.07) is 3.98. The lowest BCUT2D eigenvalue weighted by Crippen LogP contribution is -2.46. The van der Waals surface area contributed by atoms with Crippen LogP contribution in [0.1, 0.15) is 23.7 Å². The van der Waals surface area contributed by atoms with E-state index < -0.39 is 34.7 Å². The number of hydrogen-bond acceptors (Lipinski definition) is 7. The third-order valence-electron chi connectivity index (χ3n) is 3.35. The lowest BCUT2D eigenvalue weighted by Gasteiger charge is -2.22. The fraction of sp³-hybridized carbons (Fsp3) is 0.400. The largest absolute Gasteiger partial charge is 0.469 e. The van der Waals surface area contributed by atoms with E-state index in [1.165, 1.54) is 25.3 Å². The number of rotatable bonds is 7. The minimum absolute atomic E-state index is 0.0170. The first-order valence-corrected chi connectivity index (χ1v) is 7.00. The fourth-order valence-corrected chi connectivity index (χ4v) is 2.01. The number of esters is 2. The van der Waals surface area contributed by atoms with Crippen molar-refractivity contribution in [3.05, 3.63) is 39.9 Å². The molecule has 9 nitrogen and oxygen atoms in total. The summed E-state index contributed by atoms with van der Waals surface area (Å²) in [4.78, 5) is 45.6. The number of methoxy groups -OCH3 is 2. The Morgan fingerprint density at radius 2 is 1.92 bits per heavy atom. The first kappa shape index (κ1) is 19.1. The number of nitro benzene ring substituents is 1. The molecule has 0 radical (unpaired) electrons. The third kappa shape index (κ3) is 5.04. The number of benzene rings is 1. The van der Waals surface area contributed by atoms with E-state index in [-0.39, 0.29) is 17.7 Å². The van der Waals surface area contributed by atoms with E-state index in [2.05, 4.69) is 14.8 Å². The van der Waals surface area contributed by atoms with Crippen LogP contribution >= 0.6 is 0 Å². The van der Waals surface area contributed by atoms with E-state index in [4.69, 9.17) is 0 Å². The number of carbonyl (C=O) groups excluding carboxylic acids is 3. The van der Waals surface area contributed by atoms with Crippen molar-refractivity contribution in [2.75, 3.05) is 14.2 Å². The standard InChI is InChI=1S/C15H18N2O7/c1-9(7-12(18)23-2)13(15(20)24-3)16-14(19)10-5-4-6-11(8-10)17(21)22/h4-6,8-9,13H,7H2,1-3H3,(H,16,19)/t9-,13+/m0/s1. The second-order valence-electron chi connectivity index (χ2n) is 5.04. The molecule has 0 aliphatic carbocycles. The van der Waals surface area contributed by atoms with E-state index in [1.807, 2.05) is 0 Å². The normalized spacial score (nSPS) is 12.6. The van der Waals surface area contributed by atoms with Crippen LogP contribution in [0.2, 0.25) is 0 Å². The third-order valence-corrected chi connectivity index (χ3v) is 3.35. The van der Waals surface area contributed by atoms with Crippen molar-refractivity contribution in [2.45, 2.75) is 19.4 Å². The average molecular weight is 338 g/mol. The number of carbonyl (C=O) groups is 3. The van der Waals surface area contributed by atoms with Gasteiger partial charge in [0.2, 0.25) is 0 Å². The van der Waals surface area contributed by atoms with Gasteiger partial charge in [-0.1, -0.05) is 13.0 Å². The highest BCUT2D eigenvalue weighted by atomic mass is 16.6. The van der Waals surface area contributed by atoms with Gasteiger partial charge in [0.05, 0.1) is 25.6 Å². The molecule has 1 N–H and O–H groups in total. The van der Waals surface area contributed by atoms with E-state index in [1.54, 1.807) is 6.92 Å². The molecule has 0 unspecified atom stereocenters. The number of nitrogens with one attached hydrogen (secondary N) is 1. The van der Waals surface area contributed by atoms with Gasteiger partial charge in [-0.25, -0.2) is 4.79 Å². The summed E-state index contributed by atoms with van der Waals surface area (Å²) < 4.78 is 9.17. The maximum absolute atomic E-state index is 12.3. The number of nitro groups is 1. The lowest BCUT2D eigenvalue weighted by molar-refractivity contribution is -0.384. The number of ether oxygens (including phenoxy) is 2. The molecule has 0 aromatic heterocycles. The Labute approximate surface area is 138 Å². The Morgan fingerprint density at radius 3 is 2.46 bits per heavy atom. The van der Waals surface area contributed by atoms with Gasteiger partial charge < -0.3 is 14.8 Å². The van der Waals surface area contributed by atoms with Crippen LogP contribution in [0.3, 0.4) is 0 Å². The van der Waals surface area contributed by atoms with Crippen LogP contribution in [0.15, 0.2) is 24.3 Å². The summed E-state index contributed by atoms with van der Waals surface area (Å²) in [5.41, 5.74) is -0.233. The average Bonchev–Trinajstić information content (AvgIpc) is 2.58. The van der Waals surface area contributed by atoms with Crippen molar-refractivity contribution in [3.63, 3.8) is 0 Å². The van der Waals surface area contributed by atoms with Crippen LogP contribution in [0.25, 0.3) is 0 Å². The molecule has 1 amide bonds. The Balaban J connectivity index is 2.95. The van der Waals surface area contributed by atoms with Crippen LogP contribution in [0.5, 0.6) is 0 Å². The van der Waals surface area contributed by atoms with Crippen molar-refractivity contribution in [3.8, 4) is 0 Å². The van der Waals surface area contributed by atoms with E-state index in [0.29, 0.717) is 0 Å². The summed E-state index contributed by atoms with van der Waals surface area (Å²) in [6.07, 6.45) is -0.106. The van der Waals surface area contributed by atoms with Crippen molar-refractivity contribution >= 4 is 23.5 Å². The number of hydrogen-bond donors (Lipinski definition) is 1. The van der Waals surface area contributed by atoms with Crippen LogP contribution < -0.4 is 5.32 Å². The van der Waals surface area contributed by atoms with E-state index in [9.17, 15) is 24.5 Å². The van der Waals surface area contributed by atoms with Gasteiger partial charge in [-0.15, -0.1) is 0 Å². The van der Waals surface area contributed by atoms with Gasteiger partial charge in [-0.05, 0) is 12.0 Å². The SMILES string of the molecule is COC(=O)C[C@H](C)[C@@H](NC(=O)c1cccc([N+](=O)[O-])c1)C(=O)OC. The van der Waals surface area contributed by atoms with Crippen LogP contribution in [0.4, 0.5) is 5.69 Å². The molecule has 0 spiro atoms. The van der Waals surface area contributed by atoms with Gasteiger partial charge in [0, 0.05) is 17.7 Å². The summed E-state index contributed by atoms with van der Waals surface area (Å²) in [5, 5.41) is 13.2. The monoisotopic (exact) mass is 338 g/mol. The molecule has 0 bridgehead atoms. The van der Waals surface area contributed by atoms with Crippen LogP contribution in [-0.2, 0) is 19.1 Å². The molecule has 1 aromatic rings. The first-order valence-electron chi connectivity index (χ1n) is 7.00. The van der Waals surface area contributed by atoms with Gasteiger partial charge in [-0.2, -0.15) is 0 Å². The maximum atomic E-state index is 12.3. The van der Waals surface area contributed by atoms with Gasteiger partial charge in [-0.3, -0.25) is 19.7 Å². The van der Waals surface area contributed by atoms with Gasteiger partial charge in [0.1, 0.15) is 6.04 Å². The second-order valence-corrected chi connectivity index (χ2v) is 5.04. The minimum atomic E-state index is -1.10. The number of nitrogens with zero attached hydrogens (tertiary/aromatic N) is 1. The molecule has 0 aliphatic heterocycles. The molecule has 1 aromatic carbocycles. The zero-order valence-corrected chi connectivity index (χ0v) is 13.5. The molecule has 9 heteroatoms. The molecule has 0 saturated carbocycles. The lowest BCUT2D eigenvalue weighted by atomic mass is 9.97. The predicted octanol–water partition coefficient (Wildman–Crippen LogP) is 1.07. The Morgan fingerprint density at radius 1 is 1.25 bits per heavy atom. The fourth-order valence-electron chi connectivity index (χ4n) is 2.01. The molecular weight excluding hydrogens is 320 g/mol. The highest BCUT2D eigenvalue weighted by Gasteiger charge is 2.30. The van der Waals surface area contributed by atoms with Gasteiger partial charge >= 0.3 is 11.9 Å².